The topological polar surface area (TPSA) is 96.8 Å². The molecule has 0 atom stereocenters. The van der Waals surface area contributed by atoms with Crippen LogP contribution in [-0.2, 0) is 0 Å². The van der Waals surface area contributed by atoms with Crippen LogP contribution < -0.4 is 15.4 Å². The highest BCUT2D eigenvalue weighted by atomic mass is 28.4. The van der Waals surface area contributed by atoms with Crippen molar-refractivity contribution in [1.82, 2.24) is 15.4 Å². The van der Waals surface area contributed by atoms with E-state index in [1.54, 1.807) is 15.4 Å². The van der Waals surface area contributed by atoms with Gasteiger partial charge in [-0.15, -0.1) is 0 Å². The summed E-state index contributed by atoms with van der Waals surface area (Å²) in [6, 6.07) is 0. The van der Waals surface area contributed by atoms with Gasteiger partial charge in [0.25, 0.3) is 0 Å². The second-order valence-electron chi connectivity index (χ2n) is 1.46. The fourth-order valence-corrected chi connectivity index (χ4v) is 0.225. The van der Waals surface area contributed by atoms with Crippen LogP contribution in [0.15, 0.2) is 0 Å². The molecule has 0 saturated heterocycles. The van der Waals surface area contributed by atoms with Crippen molar-refractivity contribution < 1.29 is 15.6 Å². The summed E-state index contributed by atoms with van der Waals surface area (Å²) in [4.78, 5) is 0. The van der Waals surface area contributed by atoms with Crippen molar-refractivity contribution in [3.05, 3.63) is 0 Å². The quantitative estimate of drug-likeness (QED) is 0.210. The summed E-state index contributed by atoms with van der Waals surface area (Å²) in [5.74, 6) is 0. The normalized spacial score (nSPS) is 12.0. The van der Waals surface area contributed by atoms with E-state index in [-0.39, 0.29) is 0 Å². The van der Waals surface area contributed by atoms with E-state index < -0.39 is 8.56 Å². The molecule has 0 heterocycles. The third kappa shape index (κ3) is 1.84. The molecular weight excluding hydrogens is 130 g/mol. The Kier molecular flexibility index (Phi) is 3.08. The van der Waals surface area contributed by atoms with Crippen LogP contribution in [0, 0.1) is 0 Å². The van der Waals surface area contributed by atoms with Gasteiger partial charge in [-0.3, -0.25) is 0 Å². The predicted molar refractivity (Wildman–Crippen MR) is 26.4 cm³/mol. The summed E-state index contributed by atoms with van der Waals surface area (Å²) in [7, 11) is -2.75. The first-order valence-corrected chi connectivity index (χ1v) is 4.42. The van der Waals surface area contributed by atoms with Gasteiger partial charge in [-0.2, -0.15) is 15.4 Å². The minimum absolute atomic E-state index is 1.41. The summed E-state index contributed by atoms with van der Waals surface area (Å²) in [5, 5.41) is 29.5. The van der Waals surface area contributed by atoms with Gasteiger partial charge in [-0.1, -0.05) is 0 Å². The molecule has 7 heteroatoms. The lowest BCUT2D eigenvalue weighted by Gasteiger charge is -2.18. The van der Waals surface area contributed by atoms with Gasteiger partial charge < -0.3 is 15.6 Å². The minimum atomic E-state index is -2.75. The van der Waals surface area contributed by atoms with E-state index in [0.29, 0.717) is 0 Å². The Labute approximate surface area is 47.3 Å². The molecule has 0 aromatic carbocycles. The largest absolute Gasteiger partial charge is 0.348 e. The molecule has 0 rings (SSSR count). The molecule has 0 aliphatic rings. The summed E-state index contributed by atoms with van der Waals surface area (Å²) in [6.07, 6.45) is 0. The van der Waals surface area contributed by atoms with E-state index in [0.717, 1.165) is 0 Å². The molecule has 50 valence electrons. The zero-order valence-corrected chi connectivity index (χ0v) is 5.34. The summed E-state index contributed by atoms with van der Waals surface area (Å²) in [6.45, 7) is 1.41. The molecule has 0 radical (unpaired) electrons. The smallest absolute Gasteiger partial charge is 0.321 e. The highest BCUT2D eigenvalue weighted by Gasteiger charge is 2.25. The molecule has 0 bridgehead atoms. The molecular formula is CH9N3O3Si. The average molecular weight is 139 g/mol. The molecule has 0 saturated carbocycles. The van der Waals surface area contributed by atoms with E-state index in [2.05, 4.69) is 0 Å². The summed E-state index contributed by atoms with van der Waals surface area (Å²) >= 11 is 0. The highest BCUT2D eigenvalue weighted by molar-refractivity contribution is 6.69. The standard InChI is InChI=1S/CH9N3O3Si/c1-8(2-5,3-6)4-7/h2-7H,1H3. The van der Waals surface area contributed by atoms with Crippen LogP contribution in [0.2, 0.25) is 6.55 Å². The summed E-state index contributed by atoms with van der Waals surface area (Å²) in [5.41, 5.74) is 0. The van der Waals surface area contributed by atoms with Gasteiger partial charge in [-0.05, 0) is 6.55 Å². The van der Waals surface area contributed by atoms with Gasteiger partial charge in [0.2, 0.25) is 0 Å². The van der Waals surface area contributed by atoms with Crippen LogP contribution in [-0.4, -0.2) is 24.2 Å². The number of hydrogen-bond donors (Lipinski definition) is 6. The second-order valence-corrected chi connectivity index (χ2v) is 4.38. The van der Waals surface area contributed by atoms with Crippen molar-refractivity contribution in [2.45, 2.75) is 6.55 Å². The zero-order valence-electron chi connectivity index (χ0n) is 4.34. The van der Waals surface area contributed by atoms with E-state index in [9.17, 15) is 0 Å². The molecule has 0 aromatic rings. The lowest BCUT2D eigenvalue weighted by Crippen LogP contribution is -2.67. The Morgan fingerprint density at radius 2 is 1.25 bits per heavy atom. The first-order chi connectivity index (χ1) is 3.68. The van der Waals surface area contributed by atoms with Crippen LogP contribution in [0.4, 0.5) is 0 Å². The highest BCUT2D eigenvalue weighted by Crippen LogP contribution is 1.77. The monoisotopic (exact) mass is 139 g/mol. The molecule has 0 aromatic heterocycles. The average Bonchev–Trinajstić information content (AvgIpc) is 1.87. The minimum Gasteiger partial charge on any atom is -0.321 e. The SMILES string of the molecule is C[Si](NO)(NO)NO. The molecule has 8 heavy (non-hydrogen) atoms. The maximum Gasteiger partial charge on any atom is 0.348 e. The lowest BCUT2D eigenvalue weighted by atomic mass is 11.9. The van der Waals surface area contributed by atoms with Gasteiger partial charge in [0.1, 0.15) is 0 Å². The maximum atomic E-state index is 8.15. The maximum absolute atomic E-state index is 8.15. The van der Waals surface area contributed by atoms with Crippen LogP contribution in [0.5, 0.6) is 0 Å². The fourth-order valence-electron chi connectivity index (χ4n) is 0.0750. The van der Waals surface area contributed by atoms with Crippen molar-refractivity contribution in [1.29, 1.82) is 0 Å². The Bertz CT molecular complexity index is 57.3. The molecule has 6 N–H and O–H groups in total. The fraction of sp³-hybridized carbons (Fsp3) is 1.00. The van der Waals surface area contributed by atoms with Gasteiger partial charge in [0.05, 0.1) is 0 Å². The number of rotatable bonds is 3. The van der Waals surface area contributed by atoms with E-state index in [1.165, 1.54) is 6.55 Å². The van der Waals surface area contributed by atoms with Crippen molar-refractivity contribution in [3.63, 3.8) is 0 Å². The zero-order chi connectivity index (χ0) is 6.62. The predicted octanol–water partition coefficient (Wildman–Crippen LogP) is -1.51. The number of hydrogen-bond acceptors (Lipinski definition) is 6. The third-order valence-electron chi connectivity index (χ3n) is 0.671. The Hall–Kier alpha value is -0.0231. The van der Waals surface area contributed by atoms with E-state index in [1.807, 2.05) is 0 Å². The third-order valence-corrected chi connectivity index (χ3v) is 2.01. The van der Waals surface area contributed by atoms with Crippen LogP contribution in [0.25, 0.3) is 0 Å². The summed E-state index contributed by atoms with van der Waals surface area (Å²) < 4.78 is 0. The van der Waals surface area contributed by atoms with E-state index >= 15 is 0 Å². The van der Waals surface area contributed by atoms with Crippen LogP contribution in [0.3, 0.4) is 0 Å². The van der Waals surface area contributed by atoms with Crippen molar-refractivity contribution in [2.75, 3.05) is 0 Å². The molecule has 0 amide bonds. The number of nitrogens with one attached hydrogen (secondary N) is 3. The first kappa shape index (κ1) is 7.98. The van der Waals surface area contributed by atoms with Crippen LogP contribution in [0.1, 0.15) is 0 Å². The van der Waals surface area contributed by atoms with Gasteiger partial charge >= 0.3 is 8.56 Å². The van der Waals surface area contributed by atoms with Gasteiger partial charge in [0, 0.05) is 0 Å². The van der Waals surface area contributed by atoms with Crippen molar-refractivity contribution >= 4 is 8.56 Å². The molecule has 0 fully saturated rings. The Morgan fingerprint density at radius 3 is 1.25 bits per heavy atom. The van der Waals surface area contributed by atoms with Crippen molar-refractivity contribution in [3.8, 4) is 0 Å². The van der Waals surface area contributed by atoms with Crippen molar-refractivity contribution in [2.24, 2.45) is 0 Å². The van der Waals surface area contributed by atoms with Gasteiger partial charge in [-0.25, -0.2) is 0 Å². The Morgan fingerprint density at radius 1 is 1.00 bits per heavy atom. The first-order valence-electron chi connectivity index (χ1n) is 1.92. The molecule has 0 aliphatic heterocycles. The molecule has 0 aliphatic carbocycles. The molecule has 0 spiro atoms. The van der Waals surface area contributed by atoms with E-state index in [4.69, 9.17) is 15.6 Å². The van der Waals surface area contributed by atoms with Crippen LogP contribution >= 0.6 is 0 Å². The molecule has 0 unspecified atom stereocenters. The van der Waals surface area contributed by atoms with Gasteiger partial charge in [0.15, 0.2) is 0 Å². The molecule has 6 nitrogen and oxygen atoms in total. The lowest BCUT2D eigenvalue weighted by molar-refractivity contribution is 0.139. The Balaban J connectivity index is 3.58. The second kappa shape index (κ2) is 3.09.